The first kappa shape index (κ1) is 13.9. The van der Waals surface area contributed by atoms with E-state index in [-0.39, 0.29) is 5.82 Å². The molecule has 0 saturated heterocycles. The molecule has 0 aliphatic carbocycles. The Morgan fingerprint density at radius 2 is 2.19 bits per heavy atom. The minimum atomic E-state index is -0.274. The highest BCUT2D eigenvalue weighted by atomic mass is 32.1. The number of nitrogens with one attached hydrogen (secondary N) is 1. The summed E-state index contributed by atoms with van der Waals surface area (Å²) in [4.78, 5) is 6.82. The van der Waals surface area contributed by atoms with E-state index in [9.17, 15) is 4.39 Å². The second-order valence-corrected chi connectivity index (χ2v) is 6.48. The fourth-order valence-electron chi connectivity index (χ4n) is 1.84. The third-order valence-electron chi connectivity index (χ3n) is 2.77. The molecule has 0 aliphatic rings. The molecule has 0 spiro atoms. The summed E-state index contributed by atoms with van der Waals surface area (Å²) in [6, 6.07) is 10.3. The van der Waals surface area contributed by atoms with Crippen LogP contribution in [0.3, 0.4) is 0 Å². The van der Waals surface area contributed by atoms with Crippen molar-refractivity contribution in [2.45, 2.75) is 6.92 Å². The second-order valence-electron chi connectivity index (χ2n) is 4.33. The van der Waals surface area contributed by atoms with Crippen LogP contribution >= 0.6 is 22.7 Å². The number of thiazole rings is 1. The zero-order valence-corrected chi connectivity index (χ0v) is 12.8. The van der Waals surface area contributed by atoms with Gasteiger partial charge in [-0.3, -0.25) is 5.43 Å². The van der Waals surface area contributed by atoms with E-state index in [0.717, 1.165) is 20.6 Å². The quantitative estimate of drug-likeness (QED) is 0.556. The number of thiophene rings is 1. The third-order valence-corrected chi connectivity index (χ3v) is 4.53. The van der Waals surface area contributed by atoms with Gasteiger partial charge in [0.15, 0.2) is 0 Å². The molecule has 6 heteroatoms. The highest BCUT2D eigenvalue weighted by molar-refractivity contribution is 7.17. The van der Waals surface area contributed by atoms with Crippen molar-refractivity contribution in [3.8, 4) is 10.6 Å². The van der Waals surface area contributed by atoms with Crippen molar-refractivity contribution in [1.29, 1.82) is 0 Å². The average molecular weight is 317 g/mol. The van der Waals surface area contributed by atoms with Gasteiger partial charge >= 0.3 is 0 Å². The van der Waals surface area contributed by atoms with Crippen LogP contribution in [0.2, 0.25) is 0 Å². The lowest BCUT2D eigenvalue weighted by molar-refractivity contribution is 0.627. The highest BCUT2D eigenvalue weighted by Crippen LogP contribution is 2.32. The van der Waals surface area contributed by atoms with E-state index >= 15 is 0 Å². The minimum absolute atomic E-state index is 0.274. The van der Waals surface area contributed by atoms with E-state index in [1.54, 1.807) is 41.0 Å². The first-order chi connectivity index (χ1) is 10.2. The molecule has 0 aliphatic heterocycles. The van der Waals surface area contributed by atoms with Gasteiger partial charge in [0.1, 0.15) is 5.82 Å². The summed E-state index contributed by atoms with van der Waals surface area (Å²) in [5, 5.41) is 6.85. The average Bonchev–Trinajstić information content (AvgIpc) is 3.08. The van der Waals surface area contributed by atoms with Crippen LogP contribution in [0.1, 0.15) is 10.4 Å². The molecule has 21 heavy (non-hydrogen) atoms. The largest absolute Gasteiger partial charge is 0.253 e. The maximum absolute atomic E-state index is 13.0. The Kier molecular flexibility index (Phi) is 4.08. The van der Waals surface area contributed by atoms with Crippen LogP contribution in [0.5, 0.6) is 0 Å². The SMILES string of the molecule is Cc1sc(N/N=C\c2cccc(F)c2)nc1-c1cccs1. The molecule has 0 unspecified atom stereocenters. The summed E-state index contributed by atoms with van der Waals surface area (Å²) in [7, 11) is 0. The molecular weight excluding hydrogens is 305 g/mol. The molecule has 0 amide bonds. The van der Waals surface area contributed by atoms with E-state index < -0.39 is 0 Å². The van der Waals surface area contributed by atoms with E-state index in [1.165, 1.54) is 12.1 Å². The predicted octanol–water partition coefficient (Wildman–Crippen LogP) is 4.77. The Bertz CT molecular complexity index is 763. The summed E-state index contributed by atoms with van der Waals surface area (Å²) < 4.78 is 13.0. The van der Waals surface area contributed by atoms with Crippen molar-refractivity contribution in [1.82, 2.24) is 4.98 Å². The molecule has 2 aromatic heterocycles. The zero-order chi connectivity index (χ0) is 14.7. The van der Waals surface area contributed by atoms with Crippen LogP contribution in [0, 0.1) is 12.7 Å². The monoisotopic (exact) mass is 317 g/mol. The van der Waals surface area contributed by atoms with Gasteiger partial charge in [-0.25, -0.2) is 9.37 Å². The van der Waals surface area contributed by atoms with Crippen LogP contribution in [-0.2, 0) is 0 Å². The summed E-state index contributed by atoms with van der Waals surface area (Å²) in [5.41, 5.74) is 4.58. The first-order valence-electron chi connectivity index (χ1n) is 6.28. The fraction of sp³-hybridized carbons (Fsp3) is 0.0667. The Balaban J connectivity index is 1.73. The summed E-state index contributed by atoms with van der Waals surface area (Å²) in [6.07, 6.45) is 1.57. The van der Waals surface area contributed by atoms with Gasteiger partial charge < -0.3 is 0 Å². The van der Waals surface area contributed by atoms with Gasteiger partial charge in [0.2, 0.25) is 5.13 Å². The molecule has 3 rings (SSSR count). The smallest absolute Gasteiger partial charge is 0.204 e. The Hall–Kier alpha value is -2.05. The fourth-order valence-corrected chi connectivity index (χ4v) is 3.45. The van der Waals surface area contributed by atoms with Gasteiger partial charge in [0.25, 0.3) is 0 Å². The zero-order valence-electron chi connectivity index (χ0n) is 11.2. The van der Waals surface area contributed by atoms with Gasteiger partial charge in [-0.05, 0) is 36.1 Å². The van der Waals surface area contributed by atoms with Crippen LogP contribution in [-0.4, -0.2) is 11.2 Å². The minimum Gasteiger partial charge on any atom is -0.253 e. The first-order valence-corrected chi connectivity index (χ1v) is 7.98. The number of nitrogens with zero attached hydrogens (tertiary/aromatic N) is 2. The molecule has 0 bridgehead atoms. The number of aromatic nitrogens is 1. The molecule has 106 valence electrons. The molecule has 0 atom stereocenters. The van der Waals surface area contributed by atoms with Crippen molar-refractivity contribution in [3.05, 3.63) is 58.0 Å². The molecule has 2 heterocycles. The number of hydrazone groups is 1. The Morgan fingerprint density at radius 1 is 1.29 bits per heavy atom. The number of halogens is 1. The number of rotatable bonds is 4. The normalized spacial score (nSPS) is 11.1. The molecular formula is C15H12FN3S2. The molecule has 3 aromatic rings. The maximum atomic E-state index is 13.0. The standard InChI is InChI=1S/C15H12FN3S2/c1-10-14(13-6-3-7-20-13)18-15(21-10)19-17-9-11-4-2-5-12(16)8-11/h2-9H,1H3,(H,18,19)/b17-9-. The van der Waals surface area contributed by atoms with Gasteiger partial charge in [0, 0.05) is 4.88 Å². The van der Waals surface area contributed by atoms with Gasteiger partial charge in [-0.15, -0.1) is 22.7 Å². The number of benzene rings is 1. The second kappa shape index (κ2) is 6.15. The van der Waals surface area contributed by atoms with E-state index in [0.29, 0.717) is 5.56 Å². The van der Waals surface area contributed by atoms with Crippen molar-refractivity contribution in [3.63, 3.8) is 0 Å². The van der Waals surface area contributed by atoms with Crippen LogP contribution in [0.4, 0.5) is 9.52 Å². The van der Waals surface area contributed by atoms with Crippen molar-refractivity contribution in [2.75, 3.05) is 5.43 Å². The van der Waals surface area contributed by atoms with Crippen LogP contribution in [0.25, 0.3) is 10.6 Å². The van der Waals surface area contributed by atoms with Gasteiger partial charge in [-0.1, -0.05) is 18.2 Å². The molecule has 1 N–H and O–H groups in total. The van der Waals surface area contributed by atoms with E-state index in [1.807, 2.05) is 24.4 Å². The summed E-state index contributed by atoms with van der Waals surface area (Å²) >= 11 is 3.21. The molecule has 0 fully saturated rings. The van der Waals surface area contributed by atoms with E-state index in [2.05, 4.69) is 15.5 Å². The van der Waals surface area contributed by atoms with Crippen LogP contribution < -0.4 is 5.43 Å². The lowest BCUT2D eigenvalue weighted by Crippen LogP contribution is -1.90. The molecule has 3 nitrogen and oxygen atoms in total. The van der Waals surface area contributed by atoms with Gasteiger partial charge in [0.05, 0.1) is 16.8 Å². The lowest BCUT2D eigenvalue weighted by atomic mass is 10.2. The maximum Gasteiger partial charge on any atom is 0.204 e. The molecule has 0 radical (unpaired) electrons. The Morgan fingerprint density at radius 3 is 2.95 bits per heavy atom. The summed E-state index contributed by atoms with van der Waals surface area (Å²) in [5.74, 6) is -0.274. The molecule has 1 aromatic carbocycles. The number of hydrogen-bond acceptors (Lipinski definition) is 5. The topological polar surface area (TPSA) is 37.3 Å². The lowest BCUT2D eigenvalue weighted by Gasteiger charge is -1.94. The van der Waals surface area contributed by atoms with Crippen molar-refractivity contribution >= 4 is 34.0 Å². The summed E-state index contributed by atoms with van der Waals surface area (Å²) in [6.45, 7) is 2.04. The third kappa shape index (κ3) is 3.34. The number of hydrogen-bond donors (Lipinski definition) is 1. The number of aryl methyl sites for hydroxylation is 1. The number of anilines is 1. The van der Waals surface area contributed by atoms with Crippen molar-refractivity contribution < 1.29 is 4.39 Å². The highest BCUT2D eigenvalue weighted by Gasteiger charge is 2.09. The van der Waals surface area contributed by atoms with Crippen LogP contribution in [0.15, 0.2) is 46.9 Å². The van der Waals surface area contributed by atoms with Gasteiger partial charge in [-0.2, -0.15) is 5.10 Å². The Labute approximate surface area is 129 Å². The predicted molar refractivity (Wildman–Crippen MR) is 87.8 cm³/mol. The van der Waals surface area contributed by atoms with Crippen molar-refractivity contribution in [2.24, 2.45) is 5.10 Å². The molecule has 0 saturated carbocycles. The van der Waals surface area contributed by atoms with E-state index in [4.69, 9.17) is 0 Å².